The van der Waals surface area contributed by atoms with Gasteiger partial charge in [0.2, 0.25) is 0 Å². The van der Waals surface area contributed by atoms with Crippen molar-refractivity contribution in [2.45, 2.75) is 32.1 Å². The summed E-state index contributed by atoms with van der Waals surface area (Å²) in [4.78, 5) is 0. The molecule has 1 aromatic heterocycles. The standard InChI is InChI=1S/C14H21NO/c1-15-10-14(8-12-4-5-16-9-12)7-11-2-3-13(14)6-11/h4-5,9,11,13,15H,2-3,6-8,10H2,1H3. The van der Waals surface area contributed by atoms with Gasteiger partial charge < -0.3 is 9.73 Å². The van der Waals surface area contributed by atoms with Crippen LogP contribution in [0.3, 0.4) is 0 Å². The molecule has 16 heavy (non-hydrogen) atoms. The van der Waals surface area contributed by atoms with E-state index in [1.54, 1.807) is 6.26 Å². The van der Waals surface area contributed by atoms with Crippen molar-refractivity contribution >= 4 is 0 Å². The number of fused-ring (bicyclic) bond motifs is 2. The van der Waals surface area contributed by atoms with E-state index in [9.17, 15) is 0 Å². The second-order valence-electron chi connectivity index (χ2n) is 5.78. The maximum atomic E-state index is 5.21. The molecular weight excluding hydrogens is 198 g/mol. The highest BCUT2D eigenvalue weighted by Gasteiger charge is 2.50. The Labute approximate surface area is 97.4 Å². The Kier molecular flexibility index (Phi) is 2.55. The van der Waals surface area contributed by atoms with Crippen LogP contribution in [0.25, 0.3) is 0 Å². The van der Waals surface area contributed by atoms with Crippen LogP contribution < -0.4 is 5.32 Å². The first kappa shape index (κ1) is 10.4. The predicted molar refractivity (Wildman–Crippen MR) is 64.2 cm³/mol. The van der Waals surface area contributed by atoms with Crippen molar-refractivity contribution in [1.29, 1.82) is 0 Å². The Morgan fingerprint density at radius 3 is 3.00 bits per heavy atom. The summed E-state index contributed by atoms with van der Waals surface area (Å²) < 4.78 is 5.21. The van der Waals surface area contributed by atoms with Gasteiger partial charge in [-0.1, -0.05) is 6.42 Å². The normalized spacial score (nSPS) is 37.1. The van der Waals surface area contributed by atoms with Gasteiger partial charge in [-0.05, 0) is 61.6 Å². The molecule has 2 aliphatic rings. The Bertz CT molecular complexity index is 346. The van der Waals surface area contributed by atoms with Crippen molar-refractivity contribution in [3.05, 3.63) is 24.2 Å². The SMILES string of the molecule is CNCC1(Cc2ccoc2)CC2CCC1C2. The van der Waals surface area contributed by atoms with E-state index in [-0.39, 0.29) is 0 Å². The molecule has 2 nitrogen and oxygen atoms in total. The van der Waals surface area contributed by atoms with Gasteiger partial charge in [0, 0.05) is 6.54 Å². The molecule has 1 heterocycles. The van der Waals surface area contributed by atoms with Crippen LogP contribution in [0.1, 0.15) is 31.2 Å². The molecule has 0 aliphatic heterocycles. The molecule has 2 fully saturated rings. The summed E-state index contributed by atoms with van der Waals surface area (Å²) in [5.41, 5.74) is 1.89. The average molecular weight is 219 g/mol. The Morgan fingerprint density at radius 2 is 2.44 bits per heavy atom. The molecule has 0 spiro atoms. The molecule has 2 aliphatic carbocycles. The lowest BCUT2D eigenvalue weighted by Gasteiger charge is -2.37. The number of rotatable bonds is 4. The van der Waals surface area contributed by atoms with E-state index in [2.05, 4.69) is 18.4 Å². The van der Waals surface area contributed by atoms with Crippen LogP contribution in [0, 0.1) is 17.3 Å². The van der Waals surface area contributed by atoms with Gasteiger partial charge in [0.25, 0.3) is 0 Å². The van der Waals surface area contributed by atoms with Crippen LogP contribution in [0.15, 0.2) is 23.0 Å². The van der Waals surface area contributed by atoms with Crippen LogP contribution in [-0.2, 0) is 6.42 Å². The van der Waals surface area contributed by atoms with E-state index in [1.807, 2.05) is 6.26 Å². The summed E-state index contributed by atoms with van der Waals surface area (Å²) in [6.07, 6.45) is 10.7. The number of hydrogen-bond acceptors (Lipinski definition) is 2. The zero-order valence-electron chi connectivity index (χ0n) is 10.0. The molecule has 0 saturated heterocycles. The fourth-order valence-corrected chi connectivity index (χ4v) is 4.21. The van der Waals surface area contributed by atoms with E-state index < -0.39 is 0 Å². The summed E-state index contributed by atoms with van der Waals surface area (Å²) in [5.74, 6) is 1.95. The van der Waals surface area contributed by atoms with E-state index in [0.717, 1.165) is 11.8 Å². The highest BCUT2D eigenvalue weighted by Crippen LogP contribution is 2.57. The molecule has 2 saturated carbocycles. The topological polar surface area (TPSA) is 25.2 Å². The number of nitrogens with one attached hydrogen (secondary N) is 1. The smallest absolute Gasteiger partial charge is 0.0934 e. The summed E-state index contributed by atoms with van der Waals surface area (Å²) in [5, 5.41) is 3.42. The average Bonchev–Trinajstić information content (AvgIpc) is 2.93. The molecule has 1 N–H and O–H groups in total. The first-order chi connectivity index (χ1) is 7.82. The van der Waals surface area contributed by atoms with Crippen LogP contribution in [0.2, 0.25) is 0 Å². The Hall–Kier alpha value is -0.760. The maximum Gasteiger partial charge on any atom is 0.0934 e. The lowest BCUT2D eigenvalue weighted by atomic mass is 9.69. The molecule has 0 radical (unpaired) electrons. The third-order valence-corrected chi connectivity index (χ3v) is 4.77. The largest absolute Gasteiger partial charge is 0.472 e. The van der Waals surface area contributed by atoms with Gasteiger partial charge in [-0.25, -0.2) is 0 Å². The van der Waals surface area contributed by atoms with Gasteiger partial charge in [0.1, 0.15) is 0 Å². The minimum absolute atomic E-state index is 0.515. The molecule has 2 heteroatoms. The van der Waals surface area contributed by atoms with Gasteiger partial charge in [-0.15, -0.1) is 0 Å². The maximum absolute atomic E-state index is 5.21. The summed E-state index contributed by atoms with van der Waals surface area (Å²) >= 11 is 0. The van der Waals surface area contributed by atoms with Crippen molar-refractivity contribution < 1.29 is 4.42 Å². The van der Waals surface area contributed by atoms with Crippen molar-refractivity contribution in [2.75, 3.05) is 13.6 Å². The molecule has 0 aromatic carbocycles. The molecule has 3 rings (SSSR count). The fraction of sp³-hybridized carbons (Fsp3) is 0.714. The highest BCUT2D eigenvalue weighted by molar-refractivity contribution is 5.13. The molecule has 2 bridgehead atoms. The molecular formula is C14H21NO. The third-order valence-electron chi connectivity index (χ3n) is 4.77. The van der Waals surface area contributed by atoms with E-state index in [0.29, 0.717) is 5.41 Å². The molecule has 1 aromatic rings. The van der Waals surface area contributed by atoms with Gasteiger partial charge in [0.15, 0.2) is 0 Å². The summed E-state index contributed by atoms with van der Waals surface area (Å²) in [7, 11) is 2.09. The lowest BCUT2D eigenvalue weighted by Crippen LogP contribution is -2.39. The second-order valence-corrected chi connectivity index (χ2v) is 5.78. The van der Waals surface area contributed by atoms with Crippen molar-refractivity contribution in [3.63, 3.8) is 0 Å². The van der Waals surface area contributed by atoms with Crippen molar-refractivity contribution in [2.24, 2.45) is 17.3 Å². The van der Waals surface area contributed by atoms with Crippen molar-refractivity contribution in [1.82, 2.24) is 5.32 Å². The molecule has 3 atom stereocenters. The number of furan rings is 1. The summed E-state index contributed by atoms with van der Waals surface area (Å²) in [6, 6.07) is 2.13. The Balaban J connectivity index is 1.81. The first-order valence-electron chi connectivity index (χ1n) is 6.48. The van der Waals surface area contributed by atoms with Gasteiger partial charge >= 0.3 is 0 Å². The summed E-state index contributed by atoms with van der Waals surface area (Å²) in [6.45, 7) is 1.17. The number of hydrogen-bond donors (Lipinski definition) is 1. The second kappa shape index (κ2) is 3.92. The quantitative estimate of drug-likeness (QED) is 0.842. The minimum atomic E-state index is 0.515. The first-order valence-corrected chi connectivity index (χ1v) is 6.48. The van der Waals surface area contributed by atoms with Crippen LogP contribution in [0.5, 0.6) is 0 Å². The van der Waals surface area contributed by atoms with E-state index >= 15 is 0 Å². The molecule has 3 unspecified atom stereocenters. The van der Waals surface area contributed by atoms with E-state index in [4.69, 9.17) is 4.42 Å². The van der Waals surface area contributed by atoms with E-state index in [1.165, 1.54) is 44.2 Å². The Morgan fingerprint density at radius 1 is 1.50 bits per heavy atom. The van der Waals surface area contributed by atoms with Crippen LogP contribution in [-0.4, -0.2) is 13.6 Å². The minimum Gasteiger partial charge on any atom is -0.472 e. The van der Waals surface area contributed by atoms with Gasteiger partial charge in [-0.2, -0.15) is 0 Å². The monoisotopic (exact) mass is 219 g/mol. The zero-order chi connectivity index (χ0) is 11.0. The third kappa shape index (κ3) is 1.60. The lowest BCUT2D eigenvalue weighted by molar-refractivity contribution is 0.160. The predicted octanol–water partition coefficient (Wildman–Crippen LogP) is 2.85. The van der Waals surface area contributed by atoms with Gasteiger partial charge in [-0.3, -0.25) is 0 Å². The fourth-order valence-electron chi connectivity index (χ4n) is 4.21. The van der Waals surface area contributed by atoms with Crippen molar-refractivity contribution in [3.8, 4) is 0 Å². The van der Waals surface area contributed by atoms with Crippen LogP contribution >= 0.6 is 0 Å². The zero-order valence-corrected chi connectivity index (χ0v) is 10.0. The highest BCUT2D eigenvalue weighted by atomic mass is 16.3. The molecule has 88 valence electrons. The molecule has 0 amide bonds. The van der Waals surface area contributed by atoms with Crippen LogP contribution in [0.4, 0.5) is 0 Å². The van der Waals surface area contributed by atoms with Gasteiger partial charge in [0.05, 0.1) is 12.5 Å².